The monoisotopic (exact) mass is 244 g/mol. The van der Waals surface area contributed by atoms with E-state index >= 15 is 0 Å². The summed E-state index contributed by atoms with van der Waals surface area (Å²) in [7, 11) is 0. The molecule has 0 aliphatic heterocycles. The number of rotatable bonds is 5. The van der Waals surface area contributed by atoms with Crippen LogP contribution in [0.4, 0.5) is 5.82 Å². The van der Waals surface area contributed by atoms with E-state index in [1.165, 1.54) is 0 Å². The molecule has 0 unspecified atom stereocenters. The topological polar surface area (TPSA) is 45.1 Å². The van der Waals surface area contributed by atoms with E-state index in [4.69, 9.17) is 5.11 Å². The summed E-state index contributed by atoms with van der Waals surface area (Å²) < 4.78 is 0.971. The fourth-order valence-corrected chi connectivity index (χ4v) is 1.35. The van der Waals surface area contributed by atoms with Crippen molar-refractivity contribution in [3.05, 3.63) is 22.8 Å². The first kappa shape index (κ1) is 10.5. The second-order valence-corrected chi connectivity index (χ2v) is 3.55. The van der Waals surface area contributed by atoms with Gasteiger partial charge in [0.1, 0.15) is 5.82 Å². The first-order valence-corrected chi connectivity index (χ1v) is 5.09. The third kappa shape index (κ3) is 3.74. The molecule has 3 nitrogen and oxygen atoms in total. The fraction of sp³-hybridized carbons (Fsp3) is 0.444. The van der Waals surface area contributed by atoms with Gasteiger partial charge in [0.05, 0.1) is 4.47 Å². The van der Waals surface area contributed by atoms with Crippen molar-refractivity contribution in [1.29, 1.82) is 0 Å². The lowest BCUT2D eigenvalue weighted by Crippen LogP contribution is -2.04. The first-order chi connectivity index (χ1) is 6.34. The van der Waals surface area contributed by atoms with Crippen LogP contribution in [-0.4, -0.2) is 23.2 Å². The molecule has 2 N–H and O–H groups in total. The van der Waals surface area contributed by atoms with Gasteiger partial charge in [-0.25, -0.2) is 4.98 Å². The van der Waals surface area contributed by atoms with Gasteiger partial charge >= 0.3 is 0 Å². The number of aliphatic hydroxyl groups excluding tert-OH is 1. The molecule has 0 radical (unpaired) electrons. The lowest BCUT2D eigenvalue weighted by molar-refractivity contribution is 0.286. The van der Waals surface area contributed by atoms with Gasteiger partial charge in [-0.1, -0.05) is 0 Å². The number of unbranched alkanes of at least 4 members (excludes halogenated alkanes) is 1. The molecule has 0 spiro atoms. The van der Waals surface area contributed by atoms with Gasteiger partial charge in [-0.15, -0.1) is 0 Å². The normalized spacial score (nSPS) is 10.0. The van der Waals surface area contributed by atoms with Crippen LogP contribution >= 0.6 is 15.9 Å². The Kier molecular flexibility index (Phi) is 4.78. The number of aromatic nitrogens is 1. The maximum atomic E-state index is 8.57. The molecule has 1 aromatic rings. The van der Waals surface area contributed by atoms with E-state index in [0.29, 0.717) is 0 Å². The number of nitrogens with zero attached hydrogens (tertiary/aromatic N) is 1. The van der Waals surface area contributed by atoms with Crippen molar-refractivity contribution < 1.29 is 5.11 Å². The summed E-state index contributed by atoms with van der Waals surface area (Å²) >= 11 is 3.39. The van der Waals surface area contributed by atoms with Crippen LogP contribution in [0.1, 0.15) is 12.8 Å². The molecule has 0 aliphatic rings. The molecule has 13 heavy (non-hydrogen) atoms. The maximum Gasteiger partial charge on any atom is 0.140 e. The summed E-state index contributed by atoms with van der Waals surface area (Å²) in [5.41, 5.74) is 0. The summed E-state index contributed by atoms with van der Waals surface area (Å²) in [6.07, 6.45) is 3.54. The Morgan fingerprint density at radius 3 is 3.00 bits per heavy atom. The molecule has 1 rings (SSSR count). The number of halogens is 1. The summed E-state index contributed by atoms with van der Waals surface area (Å²) in [6, 6.07) is 3.82. The zero-order valence-corrected chi connectivity index (χ0v) is 8.92. The molecule has 4 heteroatoms. The molecule has 0 fully saturated rings. The Morgan fingerprint density at radius 1 is 1.46 bits per heavy atom. The van der Waals surface area contributed by atoms with Gasteiger partial charge in [0, 0.05) is 19.3 Å². The predicted octanol–water partition coefficient (Wildman–Crippen LogP) is 2.03. The Morgan fingerprint density at radius 2 is 2.31 bits per heavy atom. The van der Waals surface area contributed by atoms with Gasteiger partial charge in [-0.05, 0) is 40.9 Å². The van der Waals surface area contributed by atoms with E-state index in [1.807, 2.05) is 12.1 Å². The zero-order chi connectivity index (χ0) is 9.52. The third-order valence-electron chi connectivity index (χ3n) is 1.64. The molecule has 0 saturated heterocycles. The molecule has 0 bridgehead atoms. The van der Waals surface area contributed by atoms with E-state index in [2.05, 4.69) is 26.2 Å². The number of hydrogen-bond acceptors (Lipinski definition) is 3. The zero-order valence-electron chi connectivity index (χ0n) is 7.33. The van der Waals surface area contributed by atoms with Crippen LogP contribution < -0.4 is 5.32 Å². The highest BCUT2D eigenvalue weighted by atomic mass is 79.9. The Bertz CT molecular complexity index is 255. The largest absolute Gasteiger partial charge is 0.396 e. The van der Waals surface area contributed by atoms with Gasteiger partial charge in [-0.2, -0.15) is 0 Å². The quantitative estimate of drug-likeness (QED) is 0.780. The van der Waals surface area contributed by atoms with Crippen LogP contribution in [-0.2, 0) is 0 Å². The van der Waals surface area contributed by atoms with Crippen molar-refractivity contribution in [2.24, 2.45) is 0 Å². The Balaban J connectivity index is 2.32. The van der Waals surface area contributed by atoms with E-state index in [1.54, 1.807) is 6.20 Å². The number of aliphatic hydroxyl groups is 1. The van der Waals surface area contributed by atoms with Crippen molar-refractivity contribution in [2.45, 2.75) is 12.8 Å². The third-order valence-corrected chi connectivity index (χ3v) is 2.28. The van der Waals surface area contributed by atoms with E-state index in [0.717, 1.165) is 29.7 Å². The first-order valence-electron chi connectivity index (χ1n) is 4.30. The number of anilines is 1. The maximum absolute atomic E-state index is 8.57. The summed E-state index contributed by atoms with van der Waals surface area (Å²) in [6.45, 7) is 1.10. The van der Waals surface area contributed by atoms with Crippen molar-refractivity contribution in [3.8, 4) is 0 Å². The van der Waals surface area contributed by atoms with Crippen molar-refractivity contribution in [1.82, 2.24) is 4.98 Å². The fourth-order valence-electron chi connectivity index (χ4n) is 0.959. The van der Waals surface area contributed by atoms with Crippen molar-refractivity contribution >= 4 is 21.7 Å². The summed E-state index contributed by atoms with van der Waals surface area (Å²) in [5.74, 6) is 0.862. The van der Waals surface area contributed by atoms with E-state index < -0.39 is 0 Å². The van der Waals surface area contributed by atoms with Crippen molar-refractivity contribution in [3.63, 3.8) is 0 Å². The highest BCUT2D eigenvalue weighted by molar-refractivity contribution is 9.10. The van der Waals surface area contributed by atoms with Crippen LogP contribution in [0.3, 0.4) is 0 Å². The SMILES string of the molecule is OCCCCNc1ncccc1Br. The van der Waals surface area contributed by atoms with Gasteiger partial charge < -0.3 is 10.4 Å². The lowest BCUT2D eigenvalue weighted by atomic mass is 10.3. The minimum Gasteiger partial charge on any atom is -0.396 e. The molecule has 0 saturated carbocycles. The minimum absolute atomic E-state index is 0.255. The van der Waals surface area contributed by atoms with Crippen LogP contribution in [0.25, 0.3) is 0 Å². The molecule has 1 aromatic heterocycles. The van der Waals surface area contributed by atoms with Crippen molar-refractivity contribution in [2.75, 3.05) is 18.5 Å². The minimum atomic E-state index is 0.255. The standard InChI is InChI=1S/C9H13BrN2O/c10-8-4-3-6-12-9(8)11-5-1-2-7-13/h3-4,6,13H,1-2,5,7H2,(H,11,12). The average Bonchev–Trinajstić information content (AvgIpc) is 2.15. The highest BCUT2D eigenvalue weighted by Gasteiger charge is 1.97. The number of hydrogen-bond donors (Lipinski definition) is 2. The molecule has 72 valence electrons. The molecule has 0 aliphatic carbocycles. The summed E-state index contributed by atoms with van der Waals surface area (Å²) in [5, 5.41) is 11.7. The van der Waals surface area contributed by atoms with Crippen LogP contribution in [0.15, 0.2) is 22.8 Å². The summed E-state index contributed by atoms with van der Waals surface area (Å²) in [4.78, 5) is 4.16. The van der Waals surface area contributed by atoms with Gasteiger partial charge in [0.15, 0.2) is 0 Å². The van der Waals surface area contributed by atoms with Gasteiger partial charge in [-0.3, -0.25) is 0 Å². The van der Waals surface area contributed by atoms with Crippen LogP contribution in [0, 0.1) is 0 Å². The Hall–Kier alpha value is -0.610. The number of nitrogens with one attached hydrogen (secondary N) is 1. The second kappa shape index (κ2) is 5.94. The molecule has 0 atom stereocenters. The molecule has 0 amide bonds. The molecule has 0 aromatic carbocycles. The molecular weight excluding hydrogens is 232 g/mol. The lowest BCUT2D eigenvalue weighted by Gasteiger charge is -2.05. The second-order valence-electron chi connectivity index (χ2n) is 2.69. The number of pyridine rings is 1. The van der Waals surface area contributed by atoms with Crippen LogP contribution in [0.2, 0.25) is 0 Å². The highest BCUT2D eigenvalue weighted by Crippen LogP contribution is 2.17. The predicted molar refractivity (Wildman–Crippen MR) is 56.7 cm³/mol. The average molecular weight is 245 g/mol. The van der Waals surface area contributed by atoms with Gasteiger partial charge in [0.2, 0.25) is 0 Å². The van der Waals surface area contributed by atoms with E-state index in [9.17, 15) is 0 Å². The van der Waals surface area contributed by atoms with E-state index in [-0.39, 0.29) is 6.61 Å². The van der Waals surface area contributed by atoms with Gasteiger partial charge in [0.25, 0.3) is 0 Å². The van der Waals surface area contributed by atoms with Crippen LogP contribution in [0.5, 0.6) is 0 Å². The smallest absolute Gasteiger partial charge is 0.140 e. The Labute approximate surface area is 86.3 Å². The molecule has 1 heterocycles. The molecular formula is C9H13BrN2O.